The van der Waals surface area contributed by atoms with E-state index in [1.54, 1.807) is 4.90 Å². The molecule has 0 aromatic heterocycles. The van der Waals surface area contributed by atoms with Gasteiger partial charge in [0.05, 0.1) is 6.54 Å². The van der Waals surface area contributed by atoms with E-state index in [9.17, 15) is 14.4 Å². The molecule has 2 unspecified atom stereocenters. The second kappa shape index (κ2) is 9.24. The highest BCUT2D eigenvalue weighted by atomic mass is 16.2. The average Bonchev–Trinajstić information content (AvgIpc) is 2.98. The molecule has 6 rings (SSSR count). The maximum Gasteiger partial charge on any atom is 0.327 e. The van der Waals surface area contributed by atoms with Gasteiger partial charge in [-0.2, -0.15) is 0 Å². The van der Waals surface area contributed by atoms with Crippen molar-refractivity contribution in [3.8, 4) is 0 Å². The first-order valence-corrected chi connectivity index (χ1v) is 14.4. The molecular formula is C29H46N2O3. The highest BCUT2D eigenvalue weighted by molar-refractivity contribution is 6.09. The molecule has 5 saturated carbocycles. The first kappa shape index (κ1) is 24.3. The minimum Gasteiger partial charge on any atom is -0.312 e. The number of amides is 3. The van der Waals surface area contributed by atoms with Gasteiger partial charge in [0, 0.05) is 18.4 Å². The van der Waals surface area contributed by atoms with E-state index in [-0.39, 0.29) is 35.6 Å². The van der Waals surface area contributed by atoms with Gasteiger partial charge in [0.15, 0.2) is 5.78 Å². The summed E-state index contributed by atoms with van der Waals surface area (Å²) >= 11 is 0. The van der Waals surface area contributed by atoms with E-state index in [1.165, 1.54) is 56.3 Å². The van der Waals surface area contributed by atoms with Crippen LogP contribution < -0.4 is 0 Å². The SMILES string of the molecule is CCCC(CCC1CCCCC1)C(=O)CN1C(=O)N(C)C(C)(C23CC4CC(CC(C4)C2)C3)C1=O. The van der Waals surface area contributed by atoms with Crippen molar-refractivity contribution in [2.75, 3.05) is 13.6 Å². The van der Waals surface area contributed by atoms with E-state index in [4.69, 9.17) is 0 Å². The van der Waals surface area contributed by atoms with Crippen LogP contribution in [0.2, 0.25) is 0 Å². The molecule has 0 N–H and O–H groups in total. The molecule has 0 aromatic rings. The minimum absolute atomic E-state index is 0.0239. The van der Waals surface area contributed by atoms with Crippen LogP contribution >= 0.6 is 0 Å². The Labute approximate surface area is 206 Å². The fourth-order valence-electron chi connectivity index (χ4n) is 9.31. The Morgan fingerprint density at radius 3 is 2.12 bits per heavy atom. The van der Waals surface area contributed by atoms with Crippen LogP contribution in [0.25, 0.3) is 0 Å². The summed E-state index contributed by atoms with van der Waals surface area (Å²) in [6.45, 7) is 4.13. The lowest BCUT2D eigenvalue weighted by Gasteiger charge is -2.62. The van der Waals surface area contributed by atoms with Crippen LogP contribution in [0.4, 0.5) is 4.79 Å². The zero-order valence-corrected chi connectivity index (χ0v) is 21.8. The van der Waals surface area contributed by atoms with Crippen molar-refractivity contribution in [2.45, 2.75) is 116 Å². The van der Waals surface area contributed by atoms with E-state index in [2.05, 4.69) is 6.92 Å². The van der Waals surface area contributed by atoms with E-state index in [0.717, 1.165) is 50.9 Å². The van der Waals surface area contributed by atoms with Crippen LogP contribution in [0.15, 0.2) is 0 Å². The summed E-state index contributed by atoms with van der Waals surface area (Å²) in [6.07, 6.45) is 17.6. The van der Waals surface area contributed by atoms with Gasteiger partial charge in [0.1, 0.15) is 5.54 Å². The quantitative estimate of drug-likeness (QED) is 0.377. The van der Waals surface area contributed by atoms with Crippen LogP contribution in [0.3, 0.4) is 0 Å². The molecule has 34 heavy (non-hydrogen) atoms. The Hall–Kier alpha value is -1.39. The van der Waals surface area contributed by atoms with Crippen LogP contribution in [0.1, 0.15) is 110 Å². The molecule has 3 amide bonds. The third kappa shape index (κ3) is 3.93. The number of nitrogens with zero attached hydrogens (tertiary/aromatic N) is 2. The lowest BCUT2D eigenvalue weighted by molar-refractivity contribution is -0.157. The summed E-state index contributed by atoms with van der Waals surface area (Å²) in [5.74, 6) is 2.86. The van der Waals surface area contributed by atoms with Gasteiger partial charge < -0.3 is 4.90 Å². The largest absolute Gasteiger partial charge is 0.327 e. The zero-order valence-electron chi connectivity index (χ0n) is 21.8. The van der Waals surface area contributed by atoms with Crippen LogP contribution in [-0.2, 0) is 9.59 Å². The Kier molecular flexibility index (Phi) is 6.61. The van der Waals surface area contributed by atoms with Crippen molar-refractivity contribution in [3.05, 3.63) is 0 Å². The highest BCUT2D eigenvalue weighted by Crippen LogP contribution is 2.65. The molecule has 2 atom stereocenters. The number of urea groups is 1. The molecule has 4 bridgehead atoms. The Morgan fingerprint density at radius 1 is 0.971 bits per heavy atom. The highest BCUT2D eigenvalue weighted by Gasteiger charge is 2.68. The van der Waals surface area contributed by atoms with E-state index < -0.39 is 5.54 Å². The number of carbonyl (C=O) groups excluding carboxylic acids is 3. The number of rotatable bonds is 9. The average molecular weight is 471 g/mol. The van der Waals surface area contributed by atoms with Crippen molar-refractivity contribution in [2.24, 2.45) is 35.0 Å². The maximum atomic E-state index is 14.0. The lowest BCUT2D eigenvalue weighted by Crippen LogP contribution is -2.64. The number of ketones is 1. The van der Waals surface area contributed by atoms with E-state index in [0.29, 0.717) is 17.8 Å². The Morgan fingerprint density at radius 2 is 1.56 bits per heavy atom. The molecule has 5 nitrogen and oxygen atoms in total. The number of hydrogen-bond donors (Lipinski definition) is 0. The van der Waals surface area contributed by atoms with Gasteiger partial charge >= 0.3 is 6.03 Å². The molecule has 5 aliphatic carbocycles. The number of Topliss-reactive ketones (excluding diaryl/α,β-unsaturated/α-hetero) is 1. The van der Waals surface area contributed by atoms with Crippen molar-refractivity contribution in [1.82, 2.24) is 9.80 Å². The van der Waals surface area contributed by atoms with E-state index in [1.807, 2.05) is 14.0 Å². The topological polar surface area (TPSA) is 57.7 Å². The van der Waals surface area contributed by atoms with Crippen molar-refractivity contribution >= 4 is 17.7 Å². The molecule has 0 aromatic carbocycles. The standard InChI is InChI=1S/C29H46N2O3/c1-4-8-24(12-11-20-9-6-5-7-10-20)25(32)19-31-26(33)28(2,30(3)27(31)34)29-16-21-13-22(17-29)15-23(14-21)18-29/h20-24H,4-19H2,1-3H3. The van der Waals surface area contributed by atoms with Gasteiger partial charge in [-0.15, -0.1) is 0 Å². The molecule has 1 aliphatic heterocycles. The summed E-state index contributed by atoms with van der Waals surface area (Å²) in [7, 11) is 1.82. The molecule has 190 valence electrons. The summed E-state index contributed by atoms with van der Waals surface area (Å²) in [5, 5.41) is 0. The van der Waals surface area contributed by atoms with Gasteiger partial charge in [-0.05, 0) is 88.4 Å². The van der Waals surface area contributed by atoms with Crippen molar-refractivity contribution in [1.29, 1.82) is 0 Å². The van der Waals surface area contributed by atoms with Crippen molar-refractivity contribution in [3.63, 3.8) is 0 Å². The van der Waals surface area contributed by atoms with Crippen molar-refractivity contribution < 1.29 is 14.4 Å². The number of carbonyl (C=O) groups is 3. The van der Waals surface area contributed by atoms with Gasteiger partial charge in [-0.25, -0.2) is 4.79 Å². The molecule has 6 aliphatic rings. The molecular weight excluding hydrogens is 424 g/mol. The smallest absolute Gasteiger partial charge is 0.312 e. The zero-order chi connectivity index (χ0) is 24.1. The summed E-state index contributed by atoms with van der Waals surface area (Å²) in [5.41, 5.74) is -0.909. The third-order valence-corrected chi connectivity index (χ3v) is 11.0. The first-order valence-electron chi connectivity index (χ1n) is 14.4. The fourth-order valence-corrected chi connectivity index (χ4v) is 9.31. The lowest BCUT2D eigenvalue weighted by atomic mass is 9.44. The fraction of sp³-hybridized carbons (Fsp3) is 0.897. The Balaban J connectivity index is 1.29. The normalized spacial score (nSPS) is 38.7. The molecule has 1 saturated heterocycles. The van der Waals surface area contributed by atoms with Gasteiger partial charge in [0.2, 0.25) is 0 Å². The van der Waals surface area contributed by atoms with Crippen LogP contribution in [0.5, 0.6) is 0 Å². The number of likely N-dealkylation sites (N-methyl/N-ethyl adjacent to an activating group) is 1. The Bertz CT molecular complexity index is 781. The first-order chi connectivity index (χ1) is 16.3. The van der Waals surface area contributed by atoms with Gasteiger partial charge in [-0.3, -0.25) is 14.5 Å². The molecule has 5 heteroatoms. The van der Waals surface area contributed by atoms with Crippen LogP contribution in [0, 0.1) is 35.0 Å². The minimum atomic E-state index is -0.803. The third-order valence-electron chi connectivity index (χ3n) is 11.0. The van der Waals surface area contributed by atoms with Crippen LogP contribution in [-0.4, -0.2) is 46.7 Å². The summed E-state index contributed by atoms with van der Waals surface area (Å²) in [6, 6.07) is -0.251. The second-order valence-corrected chi connectivity index (χ2v) is 13.0. The monoisotopic (exact) mass is 470 g/mol. The summed E-state index contributed by atoms with van der Waals surface area (Å²) < 4.78 is 0. The predicted molar refractivity (Wildman–Crippen MR) is 133 cm³/mol. The molecule has 6 fully saturated rings. The molecule has 0 radical (unpaired) electrons. The predicted octanol–water partition coefficient (Wildman–Crippen LogP) is 6.20. The summed E-state index contributed by atoms with van der Waals surface area (Å²) in [4.78, 5) is 43.9. The maximum absolute atomic E-state index is 14.0. The molecule has 0 spiro atoms. The number of imide groups is 1. The molecule has 1 heterocycles. The second-order valence-electron chi connectivity index (χ2n) is 13.0. The van der Waals surface area contributed by atoms with Gasteiger partial charge in [-0.1, -0.05) is 45.4 Å². The van der Waals surface area contributed by atoms with Gasteiger partial charge in [0.25, 0.3) is 5.91 Å². The number of hydrogen-bond acceptors (Lipinski definition) is 3. The van der Waals surface area contributed by atoms with E-state index >= 15 is 0 Å².